The van der Waals surface area contributed by atoms with E-state index in [9.17, 15) is 14.4 Å². The molecule has 0 radical (unpaired) electrons. The number of nitrogens with zero attached hydrogens (tertiary/aromatic N) is 4. The van der Waals surface area contributed by atoms with Gasteiger partial charge < -0.3 is 14.4 Å². The highest BCUT2D eigenvalue weighted by Gasteiger charge is 2.53. The molecule has 2 aliphatic heterocycles. The minimum Gasteiger partial charge on any atom is -0.467 e. The molecular formula is C22H26N4O6. The molecule has 4 rings (SSSR count). The van der Waals surface area contributed by atoms with Crippen molar-refractivity contribution < 1.29 is 28.7 Å². The molecule has 3 heterocycles. The number of benzene rings is 1. The summed E-state index contributed by atoms with van der Waals surface area (Å²) < 4.78 is 11.7. The Labute approximate surface area is 185 Å². The monoisotopic (exact) mass is 442 g/mol. The molecule has 1 saturated heterocycles. The zero-order valence-corrected chi connectivity index (χ0v) is 18.5. The van der Waals surface area contributed by atoms with Crippen LogP contribution >= 0.6 is 0 Å². The second kappa shape index (κ2) is 8.27. The Balaban J connectivity index is 1.61. The van der Waals surface area contributed by atoms with E-state index < -0.39 is 35.7 Å². The summed E-state index contributed by atoms with van der Waals surface area (Å²) in [7, 11) is 1.26. The van der Waals surface area contributed by atoms with Gasteiger partial charge in [0.1, 0.15) is 30.5 Å². The van der Waals surface area contributed by atoms with Crippen LogP contribution < -0.4 is 0 Å². The Hall–Kier alpha value is -3.40. The van der Waals surface area contributed by atoms with Crippen molar-refractivity contribution in [1.82, 2.24) is 19.7 Å². The maximum atomic E-state index is 13.0. The lowest BCUT2D eigenvalue weighted by molar-refractivity contribution is -0.155. The first-order valence-corrected chi connectivity index (χ1v) is 10.3. The maximum absolute atomic E-state index is 13.0. The molecule has 2 amide bonds. The number of rotatable bonds is 6. The first kappa shape index (κ1) is 21.8. The molecule has 32 heavy (non-hydrogen) atoms. The highest BCUT2D eigenvalue weighted by atomic mass is 16.7. The Bertz CT molecular complexity index is 1030. The van der Waals surface area contributed by atoms with Crippen LogP contribution in [0.2, 0.25) is 0 Å². The number of aromatic nitrogens is 2. The third-order valence-corrected chi connectivity index (χ3v) is 5.19. The van der Waals surface area contributed by atoms with Crippen LogP contribution in [0.15, 0.2) is 36.5 Å². The van der Waals surface area contributed by atoms with Gasteiger partial charge in [-0.25, -0.2) is 9.59 Å². The zero-order valence-electron chi connectivity index (χ0n) is 18.5. The molecule has 0 aliphatic carbocycles. The summed E-state index contributed by atoms with van der Waals surface area (Å²) in [6.45, 7) is 5.67. The van der Waals surface area contributed by atoms with Crippen molar-refractivity contribution >= 4 is 18.0 Å². The van der Waals surface area contributed by atoms with Crippen molar-refractivity contribution in [3.8, 4) is 0 Å². The van der Waals surface area contributed by atoms with Gasteiger partial charge in [-0.1, -0.05) is 30.3 Å². The first-order valence-electron chi connectivity index (χ1n) is 10.3. The summed E-state index contributed by atoms with van der Waals surface area (Å²) in [5.74, 6) is -1.06. The molecule has 1 aromatic heterocycles. The van der Waals surface area contributed by atoms with Crippen LogP contribution in [-0.2, 0) is 37.1 Å². The fourth-order valence-electron chi connectivity index (χ4n) is 3.91. The van der Waals surface area contributed by atoms with E-state index in [2.05, 4.69) is 5.10 Å². The van der Waals surface area contributed by atoms with Crippen LogP contribution in [0.4, 0.5) is 4.79 Å². The smallest absolute Gasteiger partial charge is 0.345 e. The van der Waals surface area contributed by atoms with Gasteiger partial charge in [0.25, 0.3) is 0 Å². The third-order valence-electron chi connectivity index (χ3n) is 5.19. The topological polar surface area (TPSA) is 103 Å². The Kier molecular flexibility index (Phi) is 5.64. The molecule has 2 bridgehead atoms. The number of fused-ring (bicyclic) bond motifs is 4. The number of hydrogen-bond donors (Lipinski definition) is 0. The van der Waals surface area contributed by atoms with Crippen molar-refractivity contribution in [2.75, 3.05) is 13.7 Å². The average Bonchev–Trinajstić information content (AvgIpc) is 3.26. The second-order valence-electron chi connectivity index (χ2n) is 8.71. The lowest BCUT2D eigenvalue weighted by Gasteiger charge is -2.27. The summed E-state index contributed by atoms with van der Waals surface area (Å²) in [6, 6.07) is 7.56. The Morgan fingerprint density at radius 1 is 1.19 bits per heavy atom. The summed E-state index contributed by atoms with van der Waals surface area (Å²) in [5, 5.41) is 5.71. The number of carbonyl (C=O) groups excluding carboxylic acids is 3. The van der Waals surface area contributed by atoms with Crippen molar-refractivity contribution in [3.05, 3.63) is 53.3 Å². The molecule has 1 aromatic carbocycles. The largest absolute Gasteiger partial charge is 0.467 e. The molecule has 0 saturated carbocycles. The molecule has 1 fully saturated rings. The van der Waals surface area contributed by atoms with Gasteiger partial charge in [0, 0.05) is 11.8 Å². The first-order chi connectivity index (χ1) is 15.2. The number of ether oxygens (including phenoxy) is 2. The summed E-state index contributed by atoms with van der Waals surface area (Å²) in [5.41, 5.74) is 1.29. The van der Waals surface area contributed by atoms with Gasteiger partial charge in [-0.3, -0.25) is 14.3 Å². The number of hydrogen-bond acceptors (Lipinski definition) is 7. The average molecular weight is 442 g/mol. The highest BCUT2D eigenvalue weighted by molar-refractivity contribution is 5.87. The maximum Gasteiger partial charge on any atom is 0.345 e. The molecule has 0 unspecified atom stereocenters. The van der Waals surface area contributed by atoms with E-state index in [4.69, 9.17) is 14.3 Å². The summed E-state index contributed by atoms with van der Waals surface area (Å²) in [6.07, 6.45) is 1.66. The third kappa shape index (κ3) is 4.18. The van der Waals surface area contributed by atoms with Gasteiger partial charge >= 0.3 is 18.0 Å². The number of amides is 2. The number of methoxy groups -OCH3 is 1. The van der Waals surface area contributed by atoms with E-state index in [1.807, 2.05) is 30.3 Å². The van der Waals surface area contributed by atoms with Crippen LogP contribution in [0.25, 0.3) is 0 Å². The van der Waals surface area contributed by atoms with E-state index in [0.29, 0.717) is 11.3 Å². The normalized spacial score (nSPS) is 19.7. The number of urea groups is 1. The predicted molar refractivity (Wildman–Crippen MR) is 111 cm³/mol. The SMILES string of the molecule is COC(=O)[C@@H]1c2nn(CC(=O)OC(C)(C)C)cc2[C@H]2CN1C(=O)N2OCc1ccccc1. The van der Waals surface area contributed by atoms with Crippen LogP contribution in [0, 0.1) is 0 Å². The van der Waals surface area contributed by atoms with Gasteiger partial charge in [0.15, 0.2) is 6.04 Å². The van der Waals surface area contributed by atoms with Gasteiger partial charge in [-0.05, 0) is 26.3 Å². The van der Waals surface area contributed by atoms with Crippen LogP contribution in [0.1, 0.15) is 49.7 Å². The molecule has 10 heteroatoms. The molecule has 0 spiro atoms. The minimum atomic E-state index is -1.01. The van der Waals surface area contributed by atoms with Gasteiger partial charge in [0.2, 0.25) is 0 Å². The standard InChI is InChI=1S/C22H26N4O6/c1-22(2,3)32-17(27)12-24-10-15-16-11-25(19(18(15)23-24)20(28)30-4)21(29)26(16)31-13-14-8-6-5-7-9-14/h5-10,16,19H,11-13H2,1-4H3/t16-,19+/m1/s1. The molecule has 2 aliphatic rings. The molecule has 2 atom stereocenters. The highest BCUT2D eigenvalue weighted by Crippen LogP contribution is 2.44. The van der Waals surface area contributed by atoms with Crippen LogP contribution in [0.3, 0.4) is 0 Å². The Morgan fingerprint density at radius 3 is 2.56 bits per heavy atom. The molecular weight excluding hydrogens is 416 g/mol. The van der Waals surface area contributed by atoms with Crippen LogP contribution in [0.5, 0.6) is 0 Å². The van der Waals surface area contributed by atoms with Crippen molar-refractivity contribution in [3.63, 3.8) is 0 Å². The minimum absolute atomic E-state index is 0.121. The number of carbonyl (C=O) groups is 3. The van der Waals surface area contributed by atoms with Gasteiger partial charge in [0.05, 0.1) is 13.7 Å². The van der Waals surface area contributed by atoms with E-state index in [1.54, 1.807) is 27.0 Å². The summed E-state index contributed by atoms with van der Waals surface area (Å²) >= 11 is 0. The Morgan fingerprint density at radius 2 is 1.91 bits per heavy atom. The fourth-order valence-corrected chi connectivity index (χ4v) is 3.91. The number of esters is 2. The van der Waals surface area contributed by atoms with Crippen LogP contribution in [-0.4, -0.2) is 57.0 Å². The van der Waals surface area contributed by atoms with E-state index in [1.165, 1.54) is 21.8 Å². The van der Waals surface area contributed by atoms with E-state index >= 15 is 0 Å². The van der Waals surface area contributed by atoms with E-state index in [0.717, 1.165) is 5.56 Å². The quantitative estimate of drug-likeness (QED) is 0.633. The molecule has 10 nitrogen and oxygen atoms in total. The second-order valence-corrected chi connectivity index (χ2v) is 8.71. The number of hydroxylamine groups is 2. The molecule has 2 aromatic rings. The predicted octanol–water partition coefficient (Wildman–Crippen LogP) is 2.36. The molecule has 170 valence electrons. The van der Waals surface area contributed by atoms with Gasteiger partial charge in [-0.2, -0.15) is 10.2 Å². The zero-order chi connectivity index (χ0) is 23.0. The lowest BCUT2D eigenvalue weighted by Crippen LogP contribution is -2.39. The van der Waals surface area contributed by atoms with Gasteiger partial charge in [-0.15, -0.1) is 0 Å². The lowest BCUT2D eigenvalue weighted by atomic mass is 9.98. The van der Waals surface area contributed by atoms with E-state index in [-0.39, 0.29) is 19.7 Å². The fraction of sp³-hybridized carbons (Fsp3) is 0.455. The van der Waals surface area contributed by atoms with Crippen molar-refractivity contribution in [2.24, 2.45) is 0 Å². The summed E-state index contributed by atoms with van der Waals surface area (Å²) in [4.78, 5) is 45.1. The van der Waals surface area contributed by atoms with Crippen molar-refractivity contribution in [2.45, 2.75) is 51.6 Å². The molecule has 0 N–H and O–H groups in total. The van der Waals surface area contributed by atoms with Crippen molar-refractivity contribution in [1.29, 1.82) is 0 Å².